The van der Waals surface area contributed by atoms with Gasteiger partial charge in [-0.1, -0.05) is 38.3 Å². The number of aromatic nitrogens is 2. The van der Waals surface area contributed by atoms with Crippen molar-refractivity contribution in [2.45, 2.75) is 51.5 Å². The van der Waals surface area contributed by atoms with Crippen molar-refractivity contribution in [3.63, 3.8) is 0 Å². The van der Waals surface area contributed by atoms with E-state index in [2.05, 4.69) is 51.8 Å². The minimum atomic E-state index is 0.556. The maximum absolute atomic E-state index is 4.57. The van der Waals surface area contributed by atoms with E-state index in [0.717, 1.165) is 17.9 Å². The van der Waals surface area contributed by atoms with Crippen LogP contribution in [0.15, 0.2) is 36.5 Å². The molecule has 0 amide bonds. The number of anilines is 3. The summed E-state index contributed by atoms with van der Waals surface area (Å²) in [6, 6.07) is 10.9. The highest BCUT2D eigenvalue weighted by Gasteiger charge is 2.13. The van der Waals surface area contributed by atoms with E-state index >= 15 is 0 Å². The molecule has 4 heteroatoms. The summed E-state index contributed by atoms with van der Waals surface area (Å²) in [6.45, 7) is 2.16. The van der Waals surface area contributed by atoms with Gasteiger partial charge < -0.3 is 10.6 Å². The third-order valence-corrected chi connectivity index (χ3v) is 4.23. The molecule has 0 unspecified atom stereocenters. The standard InChI is InChI=1S/C18H24N4/c1-2-14-8-10-16(11-9-14)21-18-19-13-12-17(22-18)20-15-6-4-3-5-7-15/h8-13,15H,2-7H2,1H3,(H2,19,20,21,22). The SMILES string of the molecule is CCc1ccc(Nc2nccc(NC3CCCCC3)n2)cc1. The van der Waals surface area contributed by atoms with Crippen LogP contribution in [0.1, 0.15) is 44.6 Å². The number of hydrogen-bond donors (Lipinski definition) is 2. The third kappa shape index (κ3) is 3.97. The molecule has 22 heavy (non-hydrogen) atoms. The lowest BCUT2D eigenvalue weighted by atomic mass is 9.95. The molecule has 0 bridgehead atoms. The quantitative estimate of drug-likeness (QED) is 0.851. The summed E-state index contributed by atoms with van der Waals surface area (Å²) in [5.74, 6) is 1.56. The summed E-state index contributed by atoms with van der Waals surface area (Å²) < 4.78 is 0. The first-order valence-corrected chi connectivity index (χ1v) is 8.29. The van der Waals surface area contributed by atoms with Gasteiger partial charge in [0.2, 0.25) is 5.95 Å². The van der Waals surface area contributed by atoms with Gasteiger partial charge in [-0.2, -0.15) is 4.98 Å². The zero-order chi connectivity index (χ0) is 15.2. The zero-order valence-corrected chi connectivity index (χ0v) is 13.2. The molecule has 116 valence electrons. The van der Waals surface area contributed by atoms with Gasteiger partial charge in [0, 0.05) is 17.9 Å². The van der Waals surface area contributed by atoms with Crippen molar-refractivity contribution in [1.29, 1.82) is 0 Å². The molecule has 1 aliphatic rings. The molecule has 1 fully saturated rings. The normalized spacial score (nSPS) is 15.5. The molecule has 2 N–H and O–H groups in total. The summed E-state index contributed by atoms with van der Waals surface area (Å²) >= 11 is 0. The van der Waals surface area contributed by atoms with Gasteiger partial charge in [0.25, 0.3) is 0 Å². The van der Waals surface area contributed by atoms with Gasteiger partial charge in [-0.25, -0.2) is 4.98 Å². The van der Waals surface area contributed by atoms with Crippen molar-refractivity contribution in [3.8, 4) is 0 Å². The fourth-order valence-corrected chi connectivity index (χ4v) is 2.91. The van der Waals surface area contributed by atoms with E-state index in [-0.39, 0.29) is 0 Å². The van der Waals surface area contributed by atoms with Gasteiger partial charge in [-0.05, 0) is 43.0 Å². The molecule has 2 aromatic rings. The van der Waals surface area contributed by atoms with Crippen molar-refractivity contribution in [3.05, 3.63) is 42.1 Å². The minimum absolute atomic E-state index is 0.556. The van der Waals surface area contributed by atoms with Crippen molar-refractivity contribution in [2.75, 3.05) is 10.6 Å². The largest absolute Gasteiger partial charge is 0.367 e. The Bertz CT molecular complexity index is 588. The van der Waals surface area contributed by atoms with Crippen LogP contribution in [0.4, 0.5) is 17.5 Å². The van der Waals surface area contributed by atoms with Crippen molar-refractivity contribution in [2.24, 2.45) is 0 Å². The molecule has 3 rings (SSSR count). The second kappa shape index (κ2) is 7.25. The lowest BCUT2D eigenvalue weighted by Gasteiger charge is -2.23. The summed E-state index contributed by atoms with van der Waals surface area (Å²) in [5.41, 5.74) is 2.35. The third-order valence-electron chi connectivity index (χ3n) is 4.23. The molecule has 0 saturated heterocycles. The molecule has 4 nitrogen and oxygen atoms in total. The summed E-state index contributed by atoms with van der Waals surface area (Å²) in [6.07, 6.45) is 9.34. The van der Waals surface area contributed by atoms with Crippen LogP contribution in [0.2, 0.25) is 0 Å². The van der Waals surface area contributed by atoms with Crippen LogP contribution in [0.5, 0.6) is 0 Å². The van der Waals surface area contributed by atoms with Crippen molar-refractivity contribution >= 4 is 17.5 Å². The molecule has 1 aromatic carbocycles. The fraction of sp³-hybridized carbons (Fsp3) is 0.444. The Morgan fingerprint density at radius 3 is 2.55 bits per heavy atom. The van der Waals surface area contributed by atoms with E-state index in [4.69, 9.17) is 0 Å². The lowest BCUT2D eigenvalue weighted by molar-refractivity contribution is 0.462. The Morgan fingerprint density at radius 1 is 1.05 bits per heavy atom. The second-order valence-electron chi connectivity index (χ2n) is 5.92. The van der Waals surface area contributed by atoms with E-state index in [1.165, 1.54) is 37.7 Å². The second-order valence-corrected chi connectivity index (χ2v) is 5.92. The van der Waals surface area contributed by atoms with E-state index in [9.17, 15) is 0 Å². The molecule has 0 spiro atoms. The average molecular weight is 296 g/mol. The maximum Gasteiger partial charge on any atom is 0.229 e. The van der Waals surface area contributed by atoms with Crippen molar-refractivity contribution in [1.82, 2.24) is 9.97 Å². The molecule has 0 atom stereocenters. The Labute approximate surface area is 132 Å². The number of aryl methyl sites for hydroxylation is 1. The number of rotatable bonds is 5. The first-order valence-electron chi connectivity index (χ1n) is 8.29. The number of hydrogen-bond acceptors (Lipinski definition) is 4. The smallest absolute Gasteiger partial charge is 0.229 e. The first kappa shape index (κ1) is 14.8. The van der Waals surface area contributed by atoms with Crippen LogP contribution >= 0.6 is 0 Å². The highest BCUT2D eigenvalue weighted by Crippen LogP contribution is 2.21. The molecular weight excluding hydrogens is 272 g/mol. The summed E-state index contributed by atoms with van der Waals surface area (Å²) in [5, 5.41) is 6.80. The van der Waals surface area contributed by atoms with Crippen LogP contribution in [0.25, 0.3) is 0 Å². The van der Waals surface area contributed by atoms with E-state index in [1.54, 1.807) is 6.20 Å². The van der Waals surface area contributed by atoms with E-state index < -0.39 is 0 Å². The van der Waals surface area contributed by atoms with Gasteiger partial charge in [0.05, 0.1) is 0 Å². The Kier molecular flexibility index (Phi) is 4.88. The molecule has 1 aliphatic carbocycles. The first-order chi connectivity index (χ1) is 10.8. The summed E-state index contributed by atoms with van der Waals surface area (Å²) in [7, 11) is 0. The van der Waals surface area contributed by atoms with Crippen LogP contribution in [0.3, 0.4) is 0 Å². The number of nitrogens with zero attached hydrogens (tertiary/aromatic N) is 2. The predicted octanol–water partition coefficient (Wildman–Crippen LogP) is 4.53. The molecule has 0 radical (unpaired) electrons. The van der Waals surface area contributed by atoms with Crippen LogP contribution < -0.4 is 10.6 Å². The highest BCUT2D eigenvalue weighted by atomic mass is 15.1. The molecule has 1 saturated carbocycles. The Hall–Kier alpha value is -2.10. The zero-order valence-electron chi connectivity index (χ0n) is 13.2. The van der Waals surface area contributed by atoms with Gasteiger partial charge >= 0.3 is 0 Å². The molecular formula is C18H24N4. The molecule has 1 heterocycles. The highest BCUT2D eigenvalue weighted by molar-refractivity contribution is 5.55. The average Bonchev–Trinajstić information content (AvgIpc) is 2.57. The topological polar surface area (TPSA) is 49.8 Å². The van der Waals surface area contributed by atoms with Crippen LogP contribution in [-0.2, 0) is 6.42 Å². The Morgan fingerprint density at radius 2 is 1.82 bits per heavy atom. The minimum Gasteiger partial charge on any atom is -0.367 e. The lowest BCUT2D eigenvalue weighted by Crippen LogP contribution is -2.22. The van der Waals surface area contributed by atoms with Gasteiger partial charge in [-0.15, -0.1) is 0 Å². The summed E-state index contributed by atoms with van der Waals surface area (Å²) in [4.78, 5) is 8.88. The molecule has 1 aromatic heterocycles. The van der Waals surface area contributed by atoms with Gasteiger partial charge in [-0.3, -0.25) is 0 Å². The van der Waals surface area contributed by atoms with E-state index in [0.29, 0.717) is 12.0 Å². The number of nitrogens with one attached hydrogen (secondary N) is 2. The molecule has 0 aliphatic heterocycles. The fourth-order valence-electron chi connectivity index (χ4n) is 2.91. The Balaban J connectivity index is 1.64. The predicted molar refractivity (Wildman–Crippen MR) is 91.6 cm³/mol. The van der Waals surface area contributed by atoms with Crippen LogP contribution in [-0.4, -0.2) is 16.0 Å². The van der Waals surface area contributed by atoms with Crippen LogP contribution in [0, 0.1) is 0 Å². The van der Waals surface area contributed by atoms with Crippen molar-refractivity contribution < 1.29 is 0 Å². The van der Waals surface area contributed by atoms with Gasteiger partial charge in [0.15, 0.2) is 0 Å². The number of benzene rings is 1. The van der Waals surface area contributed by atoms with Gasteiger partial charge in [0.1, 0.15) is 5.82 Å². The maximum atomic E-state index is 4.57. The monoisotopic (exact) mass is 296 g/mol. The van der Waals surface area contributed by atoms with E-state index in [1.807, 2.05) is 6.07 Å².